The Morgan fingerprint density at radius 2 is 2.33 bits per heavy atom. The van der Waals surface area contributed by atoms with Gasteiger partial charge in [-0.05, 0) is 18.2 Å². The Hall–Kier alpha value is -1.07. The molecule has 1 N–H and O–H groups in total. The molecule has 3 rings (SSSR count). The van der Waals surface area contributed by atoms with Crippen LogP contribution in [0.25, 0.3) is 0 Å². The maximum Gasteiger partial charge on any atom is 0.130 e. The van der Waals surface area contributed by atoms with Crippen molar-refractivity contribution in [2.24, 2.45) is 9.98 Å². The van der Waals surface area contributed by atoms with Crippen molar-refractivity contribution < 1.29 is 0 Å². The molecule has 1 aromatic carbocycles. The van der Waals surface area contributed by atoms with Crippen LogP contribution in [-0.2, 0) is 0 Å². The highest BCUT2D eigenvalue weighted by molar-refractivity contribution is 9.10. The van der Waals surface area contributed by atoms with Gasteiger partial charge in [-0.15, -0.1) is 11.8 Å². The van der Waals surface area contributed by atoms with Crippen LogP contribution in [-0.4, -0.2) is 29.2 Å². The van der Waals surface area contributed by atoms with Gasteiger partial charge >= 0.3 is 0 Å². The average molecular weight is 322 g/mol. The van der Waals surface area contributed by atoms with Crippen LogP contribution in [0.3, 0.4) is 0 Å². The smallest absolute Gasteiger partial charge is 0.130 e. The molecule has 5 heteroatoms. The molecule has 0 bridgehead atoms. The van der Waals surface area contributed by atoms with Gasteiger partial charge in [0, 0.05) is 15.9 Å². The van der Waals surface area contributed by atoms with E-state index in [0.29, 0.717) is 0 Å². The lowest BCUT2D eigenvalue weighted by atomic mass is 10.1. The van der Waals surface area contributed by atoms with Gasteiger partial charge in [0.25, 0.3) is 0 Å². The summed E-state index contributed by atoms with van der Waals surface area (Å²) in [5.41, 5.74) is 1.04. The van der Waals surface area contributed by atoms with Crippen molar-refractivity contribution in [1.82, 2.24) is 0 Å². The first kappa shape index (κ1) is 12.0. The van der Waals surface area contributed by atoms with E-state index in [4.69, 9.17) is 0 Å². The third-order valence-corrected chi connectivity index (χ3v) is 4.73. The molecule has 2 heterocycles. The summed E-state index contributed by atoms with van der Waals surface area (Å²) < 4.78 is 0.957. The molecular weight excluding hydrogens is 310 g/mol. The lowest BCUT2D eigenvalue weighted by Crippen LogP contribution is -2.41. The van der Waals surface area contributed by atoms with Crippen LogP contribution in [0.4, 0.5) is 5.69 Å². The maximum absolute atomic E-state index is 4.42. The monoisotopic (exact) mass is 321 g/mol. The second kappa shape index (κ2) is 4.90. The fraction of sp³-hybridized carbons (Fsp3) is 0.231. The molecule has 18 heavy (non-hydrogen) atoms. The quantitative estimate of drug-likeness (QED) is 0.805. The highest BCUT2D eigenvalue weighted by atomic mass is 79.9. The van der Waals surface area contributed by atoms with Gasteiger partial charge < -0.3 is 5.32 Å². The molecule has 0 radical (unpaired) electrons. The Kier molecular flexibility index (Phi) is 3.26. The first-order valence-corrected chi connectivity index (χ1v) is 7.47. The summed E-state index contributed by atoms with van der Waals surface area (Å²) in [7, 11) is 0. The molecule has 1 atom stereocenters. The first-order chi connectivity index (χ1) is 8.78. The van der Waals surface area contributed by atoms with Crippen LogP contribution in [0, 0.1) is 0 Å². The SMILES string of the molecule is Brc1cccc(NC2=NC=NCC23C=CCS3)c1. The molecule has 1 spiro atoms. The fourth-order valence-electron chi connectivity index (χ4n) is 2.03. The summed E-state index contributed by atoms with van der Waals surface area (Å²) in [4.78, 5) is 8.70. The molecule has 0 saturated carbocycles. The fourth-order valence-corrected chi connectivity index (χ4v) is 3.52. The molecular formula is C13H12BrN3S. The predicted octanol–water partition coefficient (Wildman–Crippen LogP) is 3.34. The van der Waals surface area contributed by atoms with Gasteiger partial charge in [0.1, 0.15) is 16.9 Å². The largest absolute Gasteiger partial charge is 0.342 e. The minimum absolute atomic E-state index is 0.100. The van der Waals surface area contributed by atoms with E-state index in [9.17, 15) is 0 Å². The number of thioether (sulfide) groups is 1. The van der Waals surface area contributed by atoms with Gasteiger partial charge in [-0.3, -0.25) is 4.99 Å². The summed E-state index contributed by atoms with van der Waals surface area (Å²) in [5.74, 6) is 1.99. The van der Waals surface area contributed by atoms with Crippen molar-refractivity contribution in [1.29, 1.82) is 0 Å². The van der Waals surface area contributed by atoms with Crippen molar-refractivity contribution in [2.75, 3.05) is 17.6 Å². The first-order valence-electron chi connectivity index (χ1n) is 5.69. The van der Waals surface area contributed by atoms with E-state index in [1.807, 2.05) is 36.0 Å². The van der Waals surface area contributed by atoms with Crippen LogP contribution in [0.2, 0.25) is 0 Å². The van der Waals surface area contributed by atoms with Crippen LogP contribution in [0.5, 0.6) is 0 Å². The summed E-state index contributed by atoms with van der Waals surface area (Å²) in [6.45, 7) is 0.758. The molecule has 0 saturated heterocycles. The van der Waals surface area contributed by atoms with E-state index in [1.54, 1.807) is 6.34 Å². The zero-order valence-corrected chi connectivity index (χ0v) is 12.0. The summed E-state index contributed by atoms with van der Waals surface area (Å²) in [6, 6.07) is 8.10. The van der Waals surface area contributed by atoms with E-state index in [-0.39, 0.29) is 4.75 Å². The Morgan fingerprint density at radius 3 is 3.11 bits per heavy atom. The van der Waals surface area contributed by atoms with E-state index >= 15 is 0 Å². The number of rotatable bonds is 1. The van der Waals surface area contributed by atoms with Crippen LogP contribution >= 0.6 is 27.7 Å². The summed E-state index contributed by atoms with van der Waals surface area (Å²) in [6.07, 6.45) is 6.03. The molecule has 2 aliphatic rings. The molecule has 3 nitrogen and oxygen atoms in total. The Bertz CT molecular complexity index is 553. The van der Waals surface area contributed by atoms with Gasteiger partial charge in [0.15, 0.2) is 0 Å². The summed E-state index contributed by atoms with van der Waals surface area (Å²) >= 11 is 5.34. The molecule has 0 fully saturated rings. The number of anilines is 1. The highest BCUT2D eigenvalue weighted by Crippen LogP contribution is 2.36. The number of hydrogen-bond donors (Lipinski definition) is 1. The van der Waals surface area contributed by atoms with E-state index in [2.05, 4.69) is 43.4 Å². The second-order valence-electron chi connectivity index (χ2n) is 4.17. The minimum atomic E-state index is -0.100. The number of amidine groups is 1. The molecule has 1 aromatic rings. The Morgan fingerprint density at radius 1 is 1.39 bits per heavy atom. The molecule has 2 aliphatic heterocycles. The van der Waals surface area contributed by atoms with Crippen molar-refractivity contribution in [3.63, 3.8) is 0 Å². The minimum Gasteiger partial charge on any atom is -0.342 e. The van der Waals surface area contributed by atoms with Crippen molar-refractivity contribution in [3.8, 4) is 0 Å². The predicted molar refractivity (Wildman–Crippen MR) is 82.9 cm³/mol. The number of hydrogen-bond acceptors (Lipinski definition) is 4. The van der Waals surface area contributed by atoms with E-state index in [0.717, 1.165) is 28.3 Å². The Balaban J connectivity index is 1.88. The average Bonchev–Trinajstić information content (AvgIpc) is 2.82. The van der Waals surface area contributed by atoms with E-state index < -0.39 is 0 Å². The lowest BCUT2D eigenvalue weighted by Gasteiger charge is -2.29. The zero-order chi connectivity index (χ0) is 12.4. The van der Waals surface area contributed by atoms with Crippen LogP contribution < -0.4 is 5.32 Å². The molecule has 0 aromatic heterocycles. The van der Waals surface area contributed by atoms with Crippen LogP contribution in [0.15, 0.2) is 50.9 Å². The number of nitrogens with zero attached hydrogens (tertiary/aromatic N) is 2. The molecule has 1 unspecified atom stereocenters. The number of benzene rings is 1. The second-order valence-corrected chi connectivity index (χ2v) is 6.44. The van der Waals surface area contributed by atoms with Crippen molar-refractivity contribution in [2.45, 2.75) is 4.75 Å². The highest BCUT2D eigenvalue weighted by Gasteiger charge is 2.37. The zero-order valence-electron chi connectivity index (χ0n) is 9.64. The lowest BCUT2D eigenvalue weighted by molar-refractivity contribution is 0.909. The van der Waals surface area contributed by atoms with E-state index in [1.165, 1.54) is 0 Å². The molecule has 0 amide bonds. The van der Waals surface area contributed by atoms with Crippen molar-refractivity contribution in [3.05, 3.63) is 40.9 Å². The van der Waals surface area contributed by atoms with Crippen molar-refractivity contribution >= 4 is 45.6 Å². The molecule has 92 valence electrons. The number of nitrogens with one attached hydrogen (secondary N) is 1. The van der Waals surface area contributed by atoms with Gasteiger partial charge in [-0.25, -0.2) is 4.99 Å². The van der Waals surface area contributed by atoms with Gasteiger partial charge in [-0.2, -0.15) is 0 Å². The topological polar surface area (TPSA) is 36.8 Å². The standard InChI is InChI=1S/C13H12BrN3S/c14-10-3-1-4-11(7-10)17-12-13(5-2-6-18-13)8-15-9-16-12/h1-5,7,9H,6,8H2,(H,15,16,17). The maximum atomic E-state index is 4.42. The summed E-state index contributed by atoms with van der Waals surface area (Å²) in [5, 5.41) is 3.41. The third-order valence-electron chi connectivity index (χ3n) is 2.91. The third kappa shape index (κ3) is 2.24. The van der Waals surface area contributed by atoms with Gasteiger partial charge in [0.05, 0.1) is 6.54 Å². The van der Waals surface area contributed by atoms with Gasteiger partial charge in [0.2, 0.25) is 0 Å². The van der Waals surface area contributed by atoms with Gasteiger partial charge in [-0.1, -0.05) is 34.1 Å². The number of halogens is 1. The normalized spacial score (nSPS) is 25.5. The number of aliphatic imine (C=N–C) groups is 2. The van der Waals surface area contributed by atoms with Crippen LogP contribution in [0.1, 0.15) is 0 Å². The molecule has 0 aliphatic carbocycles. The Labute approximate surface area is 119 Å².